The number of nitrogens with zero attached hydrogens (tertiary/aromatic N) is 6. The molecule has 1 unspecified atom stereocenters. The van der Waals surface area contributed by atoms with Crippen LogP contribution in [-0.4, -0.2) is 132 Å². The number of carbonyl (C=O) groups is 2. The van der Waals surface area contributed by atoms with Gasteiger partial charge < -0.3 is 30.7 Å². The minimum Gasteiger partial charge on any atom is -0.475 e. The maximum Gasteiger partial charge on any atom is 0.490 e. The molecule has 8 rings (SSSR count). The Balaban J connectivity index is 0.000000588. The van der Waals surface area contributed by atoms with Crippen molar-refractivity contribution in [1.82, 2.24) is 35.0 Å². The Labute approximate surface area is 309 Å². The van der Waals surface area contributed by atoms with E-state index in [-0.39, 0.29) is 30.0 Å². The Bertz CT molecular complexity index is 1860. The number of likely N-dealkylation sites (tertiary alicyclic amines) is 2. The number of carboxylic acids is 1. The lowest BCUT2D eigenvalue weighted by Gasteiger charge is -2.57. The Hall–Kier alpha value is -4.13. The number of halogens is 5. The van der Waals surface area contributed by atoms with Gasteiger partial charge in [0.05, 0.1) is 36.6 Å². The van der Waals surface area contributed by atoms with E-state index in [0.29, 0.717) is 43.2 Å². The van der Waals surface area contributed by atoms with Gasteiger partial charge in [0.15, 0.2) is 17.2 Å². The van der Waals surface area contributed by atoms with E-state index in [0.717, 1.165) is 75.2 Å². The van der Waals surface area contributed by atoms with Crippen LogP contribution < -0.4 is 20.9 Å². The van der Waals surface area contributed by atoms with E-state index in [9.17, 15) is 18.0 Å². The largest absolute Gasteiger partial charge is 0.490 e. The van der Waals surface area contributed by atoms with Crippen LogP contribution in [0.2, 0.25) is 0 Å². The summed E-state index contributed by atoms with van der Waals surface area (Å²) in [4.78, 5) is 32.8. The van der Waals surface area contributed by atoms with Gasteiger partial charge in [0, 0.05) is 58.6 Å². The second kappa shape index (κ2) is 14.8. The number of piperidine rings is 2. The number of alkyl halides is 5. The van der Waals surface area contributed by atoms with Crippen molar-refractivity contribution in [1.29, 1.82) is 0 Å². The summed E-state index contributed by atoms with van der Waals surface area (Å²) >= 11 is 0. The summed E-state index contributed by atoms with van der Waals surface area (Å²) in [5, 5.41) is 21.7. The van der Waals surface area contributed by atoms with E-state index < -0.39 is 24.1 Å². The maximum absolute atomic E-state index is 15.6. The number of carboxylic acid groups (broad SMARTS) is 1. The number of nitrogens with one attached hydrogen (secondary N) is 3. The number of hydrogen-bond acceptors (Lipinski definition) is 10. The highest BCUT2D eigenvalue weighted by atomic mass is 19.4. The standard InChI is InChI=1S/C34H45F2N9O2.C2HF3O2/c1-37-25-16-30(41-45-27(17-39-31(25)45)32(46)40-24-6-7-28(24)47-2)44-15-8-23-22(4-3-5-26(23)44)18-42-14-9-29(34(35,36)21-42)43-19-33(20-43)10-12-38-13-11-33;3-2(4,5)1(6)7/h3-5,16-17,24,28-29,37-38H,6-15,18-21H2,1-2H3,(H,40,46);(H,6,7)/t24-,28-,29?;/m1./s1. The van der Waals surface area contributed by atoms with Gasteiger partial charge in [-0.1, -0.05) is 12.1 Å². The predicted octanol–water partition coefficient (Wildman–Crippen LogP) is 3.90. The summed E-state index contributed by atoms with van der Waals surface area (Å²) in [5.74, 6) is -5.04. The number of aromatic nitrogens is 3. The highest BCUT2D eigenvalue weighted by molar-refractivity contribution is 5.94. The van der Waals surface area contributed by atoms with Crippen molar-refractivity contribution in [3.63, 3.8) is 0 Å². The zero-order valence-corrected chi connectivity index (χ0v) is 30.3. The average Bonchev–Trinajstić information content (AvgIpc) is 3.74. The summed E-state index contributed by atoms with van der Waals surface area (Å²) in [7, 11) is 3.49. The van der Waals surface area contributed by atoms with Crippen LogP contribution in [0.25, 0.3) is 5.65 Å². The zero-order chi connectivity index (χ0) is 38.4. The lowest BCUT2D eigenvalue weighted by Crippen LogP contribution is -2.68. The number of hydrogen-bond donors (Lipinski definition) is 4. The number of methoxy groups -OCH3 is 1. The number of rotatable bonds is 8. The molecule has 1 spiro atoms. The molecule has 3 aromatic rings. The molecule has 54 heavy (non-hydrogen) atoms. The van der Waals surface area contributed by atoms with Crippen molar-refractivity contribution < 1.29 is 41.4 Å². The molecule has 0 radical (unpaired) electrons. The van der Waals surface area contributed by atoms with Gasteiger partial charge in [-0.3, -0.25) is 14.6 Å². The van der Waals surface area contributed by atoms with Gasteiger partial charge in [0.1, 0.15) is 0 Å². The molecule has 1 aromatic carbocycles. The van der Waals surface area contributed by atoms with Crippen molar-refractivity contribution >= 4 is 34.7 Å². The third-order valence-electron chi connectivity index (χ3n) is 11.6. The molecule has 2 aromatic heterocycles. The number of amides is 1. The number of aliphatic carboxylic acids is 1. The lowest BCUT2D eigenvalue weighted by molar-refractivity contribution is -0.192. The first kappa shape index (κ1) is 38.2. The van der Waals surface area contributed by atoms with E-state index in [2.05, 4.69) is 42.9 Å². The Morgan fingerprint density at radius 1 is 1.09 bits per heavy atom. The van der Waals surface area contributed by atoms with Crippen LogP contribution >= 0.6 is 0 Å². The van der Waals surface area contributed by atoms with Gasteiger partial charge in [-0.2, -0.15) is 13.2 Å². The number of imidazole rings is 1. The summed E-state index contributed by atoms with van der Waals surface area (Å²) in [6, 6.07) is 7.42. The van der Waals surface area contributed by atoms with E-state index in [1.807, 2.05) is 24.1 Å². The number of benzene rings is 1. The van der Waals surface area contributed by atoms with Crippen LogP contribution in [0.15, 0.2) is 30.5 Å². The molecule has 3 saturated heterocycles. The smallest absolute Gasteiger partial charge is 0.475 e. The molecule has 5 aliphatic rings. The topological polar surface area (TPSA) is 140 Å². The van der Waals surface area contributed by atoms with Crippen molar-refractivity contribution in [2.75, 3.05) is 70.2 Å². The van der Waals surface area contributed by atoms with Gasteiger partial charge in [-0.15, -0.1) is 5.10 Å². The molecule has 13 nitrogen and oxygen atoms in total. The minimum absolute atomic E-state index is 0.0228. The predicted molar refractivity (Wildman–Crippen MR) is 189 cm³/mol. The number of carbonyl (C=O) groups excluding carboxylic acids is 1. The van der Waals surface area contributed by atoms with Gasteiger partial charge >= 0.3 is 12.1 Å². The minimum atomic E-state index is -5.08. The molecule has 1 amide bonds. The van der Waals surface area contributed by atoms with Crippen molar-refractivity contribution in [2.45, 2.75) is 75.4 Å². The first-order valence-electron chi connectivity index (χ1n) is 18.4. The highest BCUT2D eigenvalue weighted by Gasteiger charge is 2.54. The van der Waals surface area contributed by atoms with E-state index >= 15 is 8.78 Å². The zero-order valence-electron chi connectivity index (χ0n) is 30.3. The second-order valence-corrected chi connectivity index (χ2v) is 15.0. The van der Waals surface area contributed by atoms with Crippen LogP contribution in [0, 0.1) is 5.41 Å². The van der Waals surface area contributed by atoms with Crippen LogP contribution in [-0.2, 0) is 22.5 Å². The van der Waals surface area contributed by atoms with Crippen molar-refractivity contribution in [3.8, 4) is 0 Å². The summed E-state index contributed by atoms with van der Waals surface area (Å²) < 4.78 is 70.1. The number of anilines is 3. The van der Waals surface area contributed by atoms with Gasteiger partial charge in [0.25, 0.3) is 11.8 Å². The summed E-state index contributed by atoms with van der Waals surface area (Å²) in [6.07, 6.45) is 1.77. The first-order valence-corrected chi connectivity index (χ1v) is 18.4. The third-order valence-corrected chi connectivity index (χ3v) is 11.6. The molecule has 18 heteroatoms. The third kappa shape index (κ3) is 7.44. The summed E-state index contributed by atoms with van der Waals surface area (Å²) in [6.45, 7) is 5.28. The van der Waals surface area contributed by atoms with Gasteiger partial charge in [0.2, 0.25) is 0 Å². The normalized spacial score (nSPS) is 24.9. The Morgan fingerprint density at radius 3 is 2.46 bits per heavy atom. The lowest BCUT2D eigenvalue weighted by atomic mass is 9.71. The fourth-order valence-corrected chi connectivity index (χ4v) is 8.61. The van der Waals surface area contributed by atoms with Gasteiger partial charge in [-0.25, -0.2) is 23.1 Å². The van der Waals surface area contributed by atoms with Crippen LogP contribution in [0.4, 0.5) is 39.1 Å². The molecule has 1 saturated carbocycles. The number of fused-ring (bicyclic) bond motifs is 2. The van der Waals surface area contributed by atoms with Crippen LogP contribution in [0.1, 0.15) is 53.7 Å². The van der Waals surface area contributed by atoms with Crippen molar-refractivity contribution in [3.05, 3.63) is 47.3 Å². The molecule has 0 bridgehead atoms. The molecule has 6 heterocycles. The fraction of sp³-hybridized carbons (Fsp3) is 0.611. The molecule has 4 fully saturated rings. The Morgan fingerprint density at radius 2 is 1.83 bits per heavy atom. The average molecular weight is 764 g/mol. The Kier molecular flexibility index (Phi) is 10.5. The molecule has 3 atom stereocenters. The van der Waals surface area contributed by atoms with E-state index in [1.54, 1.807) is 17.8 Å². The molecule has 4 N–H and O–H groups in total. The molecule has 294 valence electrons. The quantitative estimate of drug-likeness (QED) is 0.249. The van der Waals surface area contributed by atoms with Crippen LogP contribution in [0.5, 0.6) is 0 Å². The van der Waals surface area contributed by atoms with Crippen LogP contribution in [0.3, 0.4) is 0 Å². The molecular formula is C36H46F5N9O4. The number of ether oxygens (including phenoxy) is 1. The highest BCUT2D eigenvalue weighted by Crippen LogP contribution is 2.45. The molecular weight excluding hydrogens is 717 g/mol. The van der Waals surface area contributed by atoms with E-state index in [4.69, 9.17) is 19.7 Å². The van der Waals surface area contributed by atoms with Crippen molar-refractivity contribution in [2.24, 2.45) is 5.41 Å². The fourth-order valence-electron chi connectivity index (χ4n) is 8.61. The monoisotopic (exact) mass is 763 g/mol. The summed E-state index contributed by atoms with van der Waals surface area (Å²) in [5.41, 5.74) is 5.22. The van der Waals surface area contributed by atoms with E-state index in [1.165, 1.54) is 5.56 Å². The molecule has 1 aliphatic carbocycles. The maximum atomic E-state index is 15.6. The first-order chi connectivity index (χ1) is 25.7. The SMILES string of the molecule is CNc1cc(N2CCc3c(CN4CCC(N5CC6(CCNCC6)C5)C(F)(F)C4)cccc32)nn2c(C(=O)N[C@@H]3CC[C@H]3OC)cnc12.O=C(O)C(F)(F)F. The second-order valence-electron chi connectivity index (χ2n) is 15.0. The molecule has 4 aliphatic heterocycles. The van der Waals surface area contributed by atoms with Gasteiger partial charge in [-0.05, 0) is 74.2 Å².